The van der Waals surface area contributed by atoms with Crippen LogP contribution in [0.3, 0.4) is 0 Å². The number of benzene rings is 3. The first-order valence-corrected chi connectivity index (χ1v) is 38.5. The Labute approximate surface area is 597 Å². The van der Waals surface area contributed by atoms with Gasteiger partial charge in [0.1, 0.15) is 9.75 Å². The van der Waals surface area contributed by atoms with Crippen LogP contribution >= 0.6 is 34.3 Å². The summed E-state index contributed by atoms with van der Waals surface area (Å²) < 4.78 is 21.6. The lowest BCUT2D eigenvalue weighted by molar-refractivity contribution is -0.147. The van der Waals surface area contributed by atoms with Gasteiger partial charge in [-0.2, -0.15) is 0 Å². The number of unbranched alkanes of at least 4 members (excludes halogenated alkanes) is 7. The molecule has 18 heteroatoms. The fraction of sp³-hybridized carbons (Fsp3) is 0.588. The molecule has 2 aromatic heterocycles. The van der Waals surface area contributed by atoms with Crippen LogP contribution in [0.2, 0.25) is 0 Å². The predicted molar refractivity (Wildman–Crippen MR) is 395 cm³/mol. The number of ether oxygens (including phenoxy) is 4. The van der Waals surface area contributed by atoms with E-state index in [-0.39, 0.29) is 77.3 Å². The van der Waals surface area contributed by atoms with Crippen molar-refractivity contribution in [1.29, 1.82) is 0 Å². The first-order chi connectivity index (χ1) is 47.1. The number of rotatable bonds is 37. The van der Waals surface area contributed by atoms with Crippen LogP contribution in [0.15, 0.2) is 109 Å². The van der Waals surface area contributed by atoms with Gasteiger partial charge < -0.3 is 49.2 Å². The van der Waals surface area contributed by atoms with Gasteiger partial charge in [-0.1, -0.05) is 139 Å². The molecular formula is C80H113ClN2O13S2. The fourth-order valence-electron chi connectivity index (χ4n) is 13.0. The van der Waals surface area contributed by atoms with Gasteiger partial charge >= 0.3 is 17.9 Å². The number of amides is 2. The molecule has 3 aliphatic rings. The number of aryl methyl sites for hydroxylation is 1. The molecule has 0 radical (unpaired) electrons. The third-order valence-corrected chi connectivity index (χ3v) is 20.8. The summed E-state index contributed by atoms with van der Waals surface area (Å²) in [5, 5.41) is 41.8. The minimum absolute atomic E-state index is 0.00514. The Balaban J connectivity index is 0.000000232. The molecule has 1 saturated carbocycles. The van der Waals surface area contributed by atoms with Crippen LogP contribution in [0, 0.1) is 5.92 Å². The van der Waals surface area contributed by atoms with Gasteiger partial charge in [-0.05, 0) is 195 Å². The van der Waals surface area contributed by atoms with E-state index in [9.17, 15) is 44.4 Å². The molecule has 2 saturated heterocycles. The summed E-state index contributed by atoms with van der Waals surface area (Å²) in [7, 11) is 0. The lowest BCUT2D eigenvalue weighted by atomic mass is 9.84. The normalized spacial score (nSPS) is 19.4. The van der Waals surface area contributed by atoms with Gasteiger partial charge in [0.2, 0.25) is 11.8 Å². The standard InChI is InChI=1S/C27H41ClO4.C27H37NO4S.C26H35NO5S/c1-4-5-8-12-24(29)20-14-16-21(17-15-20)27-22(23(28)18-25(27)30)11-9-6-7-10-13-26(31)32-19(2)3;1-4-5-6-10-24(29)20-11-13-22(14-12-20)28-21(15-18-26(28)30)8-7-9-23-16-17-25(33-23)27(31)32-19(2)3;1-4-5-6-7-23(28)19-8-10-20(11-9-19)27-21(12-15-25(27)29)16-31-17-22-13-14-24(33-22)26(30)32-18(2)3/h6,9,14-17,19,22-25,27,29-30H,4-5,7-8,10-13,18H2,1-3H3;11-14,16-17,19,21,24,29H,4-10,15,18H2,1-3H3;8-11,13-14,18,21,23,28H,4-7,12,15-17H2,1-3H3/b9-6-;;/t22-,23+,24-,25+,27+;21-,24-;21-,23+/m001/s1. The smallest absolute Gasteiger partial charge is 0.348 e. The van der Waals surface area contributed by atoms with Gasteiger partial charge in [0.15, 0.2) is 0 Å². The highest BCUT2D eigenvalue weighted by molar-refractivity contribution is 7.14. The van der Waals surface area contributed by atoms with Crippen LogP contribution in [-0.4, -0.2) is 98.6 Å². The molecule has 1 aliphatic carbocycles. The second-order valence-electron chi connectivity index (χ2n) is 27.3. The number of carbonyl (C=O) groups is 5. The Morgan fingerprint density at radius 3 is 1.52 bits per heavy atom. The largest absolute Gasteiger partial charge is 0.463 e. The lowest BCUT2D eigenvalue weighted by Crippen LogP contribution is -2.36. The van der Waals surface area contributed by atoms with Crippen molar-refractivity contribution in [3.05, 3.63) is 151 Å². The van der Waals surface area contributed by atoms with Gasteiger partial charge in [0.25, 0.3) is 0 Å². The number of hydrogen-bond acceptors (Lipinski definition) is 15. The number of allylic oxidation sites excluding steroid dienone is 2. The third kappa shape index (κ3) is 26.6. The average molecular weight is 1410 g/mol. The number of anilines is 2. The summed E-state index contributed by atoms with van der Waals surface area (Å²) in [6.07, 6.45) is 23.2. The maximum Gasteiger partial charge on any atom is 0.348 e. The minimum Gasteiger partial charge on any atom is -0.463 e. The molecular weight excluding hydrogens is 1300 g/mol. The first-order valence-electron chi connectivity index (χ1n) is 36.4. The second kappa shape index (κ2) is 43.1. The maximum atomic E-state index is 12.6. The predicted octanol–water partition coefficient (Wildman–Crippen LogP) is 18.5. The van der Waals surface area contributed by atoms with Gasteiger partial charge in [-0.25, -0.2) is 9.59 Å². The molecule has 0 unspecified atom stereocenters. The Bertz CT molecular complexity index is 3030. The highest BCUT2D eigenvalue weighted by Crippen LogP contribution is 2.45. The van der Waals surface area contributed by atoms with Crippen molar-refractivity contribution in [3.8, 4) is 0 Å². The van der Waals surface area contributed by atoms with Crippen LogP contribution in [0.1, 0.15) is 286 Å². The fourth-order valence-corrected chi connectivity index (χ4v) is 15.2. The Morgan fingerprint density at radius 2 is 1.03 bits per heavy atom. The Morgan fingerprint density at radius 1 is 0.571 bits per heavy atom. The van der Waals surface area contributed by atoms with E-state index in [1.165, 1.54) is 27.6 Å². The Hall–Kier alpha value is -5.76. The number of carbonyl (C=O) groups excluding carboxylic acids is 5. The zero-order valence-electron chi connectivity index (χ0n) is 59.8. The van der Waals surface area contributed by atoms with Crippen LogP contribution in [0.4, 0.5) is 11.4 Å². The van der Waals surface area contributed by atoms with Gasteiger partial charge in [0.05, 0.1) is 62.0 Å². The zero-order valence-corrected chi connectivity index (χ0v) is 62.1. The van der Waals surface area contributed by atoms with E-state index >= 15 is 0 Å². The molecule has 3 aromatic carbocycles. The van der Waals surface area contributed by atoms with Crippen molar-refractivity contribution in [2.24, 2.45) is 5.92 Å². The number of esters is 3. The quantitative estimate of drug-likeness (QED) is 0.00960. The van der Waals surface area contributed by atoms with Gasteiger partial charge in [-0.3, -0.25) is 14.4 Å². The van der Waals surface area contributed by atoms with E-state index in [1.54, 1.807) is 6.07 Å². The summed E-state index contributed by atoms with van der Waals surface area (Å²) in [6, 6.07) is 31.2. The molecule has 8 rings (SSSR count). The highest BCUT2D eigenvalue weighted by atomic mass is 35.5. The number of hydrogen-bond donors (Lipinski definition) is 4. The number of nitrogens with zero attached hydrogens (tertiary/aromatic N) is 2. The molecule has 3 fully saturated rings. The lowest BCUT2D eigenvalue weighted by Gasteiger charge is -2.25. The van der Waals surface area contributed by atoms with Crippen molar-refractivity contribution < 1.29 is 63.3 Å². The molecule has 9 atom stereocenters. The molecule has 4 N–H and O–H groups in total. The van der Waals surface area contributed by atoms with Crippen LogP contribution < -0.4 is 9.80 Å². The van der Waals surface area contributed by atoms with Crippen LogP contribution in [-0.2, 0) is 46.4 Å². The summed E-state index contributed by atoms with van der Waals surface area (Å²) in [4.78, 5) is 67.9. The molecule has 0 spiro atoms. The summed E-state index contributed by atoms with van der Waals surface area (Å²) >= 11 is 9.47. The summed E-state index contributed by atoms with van der Waals surface area (Å²) in [6.45, 7) is 18.4. The van der Waals surface area contributed by atoms with Crippen molar-refractivity contribution in [1.82, 2.24) is 0 Å². The van der Waals surface area contributed by atoms with E-state index in [0.29, 0.717) is 48.7 Å². The second-order valence-corrected chi connectivity index (χ2v) is 30.2. The summed E-state index contributed by atoms with van der Waals surface area (Å²) in [5.74, 6) is -0.294. The van der Waals surface area contributed by atoms with E-state index in [1.807, 2.05) is 142 Å². The zero-order chi connectivity index (χ0) is 71.1. The van der Waals surface area contributed by atoms with E-state index < -0.39 is 24.4 Å². The molecule has 0 bridgehead atoms. The van der Waals surface area contributed by atoms with Crippen molar-refractivity contribution in [2.45, 2.75) is 289 Å². The maximum absolute atomic E-state index is 12.6. The van der Waals surface area contributed by atoms with E-state index in [0.717, 1.165) is 167 Å². The monoisotopic (exact) mass is 1410 g/mol. The molecule has 540 valence electrons. The highest BCUT2D eigenvalue weighted by Gasteiger charge is 2.42. The van der Waals surface area contributed by atoms with Crippen molar-refractivity contribution in [3.63, 3.8) is 0 Å². The van der Waals surface area contributed by atoms with Crippen LogP contribution in [0.25, 0.3) is 0 Å². The molecule has 2 aliphatic heterocycles. The molecule has 2 amide bonds. The Kier molecular flexibility index (Phi) is 35.7. The van der Waals surface area contributed by atoms with Gasteiger partial charge in [0, 0.05) is 57.7 Å². The van der Waals surface area contributed by atoms with Crippen molar-refractivity contribution >= 4 is 75.4 Å². The number of thiophene rings is 2. The number of aliphatic hydroxyl groups excluding tert-OH is 4. The molecule has 4 heterocycles. The molecule has 5 aromatic rings. The topological polar surface area (TPSA) is 210 Å². The third-order valence-electron chi connectivity index (χ3n) is 18.1. The van der Waals surface area contributed by atoms with E-state index in [2.05, 4.69) is 32.9 Å². The minimum atomic E-state index is -0.465. The molecule has 98 heavy (non-hydrogen) atoms. The van der Waals surface area contributed by atoms with Gasteiger partial charge in [-0.15, -0.1) is 34.3 Å². The molecule has 15 nitrogen and oxygen atoms in total. The number of aliphatic hydroxyl groups is 4. The van der Waals surface area contributed by atoms with Crippen LogP contribution in [0.5, 0.6) is 0 Å². The summed E-state index contributed by atoms with van der Waals surface area (Å²) in [5.41, 5.74) is 5.58. The van der Waals surface area contributed by atoms with E-state index in [4.69, 9.17) is 30.5 Å². The SMILES string of the molecule is CCCCC[C@H](O)c1ccc(N2C(=O)CC[C@@H]2CCCc2ccc(C(=O)OC(C)C)s2)cc1.CCCCC[C@H](O)c1ccc(N2C(=O)CC[C@@H]2COCc2ccc(C(=O)OC(C)C)s2)cc1.CCCCC[C@H](O)c1ccc([C@@H]2[C@@H](C/C=C\CCCC(=O)OC(C)C)[C@H](Cl)C[C@H]2O)cc1. The van der Waals surface area contributed by atoms with Crippen molar-refractivity contribution in [2.75, 3.05) is 16.4 Å². The average Bonchev–Trinajstić information content (AvgIpc) is 1.65. The number of halogens is 1. The first kappa shape index (κ1) is 81.2. The number of alkyl halides is 1.